The Morgan fingerprint density at radius 2 is 1.80 bits per heavy atom. The number of nitrogens with zero attached hydrogens (tertiary/aromatic N) is 1. The maximum Gasteiger partial charge on any atom is 0.191 e. The molecule has 0 spiro atoms. The zero-order chi connectivity index (χ0) is 21.3. The SMILES string of the molecule is CCC(CNC(=NC)NCc1ccc(CS(C)(=O)=O)cc1)Oc1cccc(F)c1.I. The smallest absolute Gasteiger partial charge is 0.191 e. The van der Waals surface area contributed by atoms with Crippen molar-refractivity contribution in [3.05, 3.63) is 65.5 Å². The molecule has 0 saturated heterocycles. The van der Waals surface area contributed by atoms with Crippen LogP contribution in [-0.4, -0.2) is 40.3 Å². The quantitative estimate of drug-likeness (QED) is 0.285. The van der Waals surface area contributed by atoms with Crippen molar-refractivity contribution in [1.29, 1.82) is 0 Å². The molecule has 0 amide bonds. The van der Waals surface area contributed by atoms with Gasteiger partial charge in [0, 0.05) is 25.9 Å². The van der Waals surface area contributed by atoms with E-state index in [1.54, 1.807) is 19.2 Å². The molecule has 0 aromatic heterocycles. The number of nitrogens with one attached hydrogen (secondary N) is 2. The predicted molar refractivity (Wildman–Crippen MR) is 130 cm³/mol. The Balaban J connectivity index is 0.00000450. The van der Waals surface area contributed by atoms with Crippen LogP contribution >= 0.6 is 24.0 Å². The van der Waals surface area contributed by atoms with Crippen molar-refractivity contribution < 1.29 is 17.5 Å². The van der Waals surface area contributed by atoms with E-state index in [4.69, 9.17) is 4.74 Å². The van der Waals surface area contributed by atoms with Gasteiger partial charge in [0.25, 0.3) is 0 Å². The Hall–Kier alpha value is -1.88. The van der Waals surface area contributed by atoms with E-state index >= 15 is 0 Å². The van der Waals surface area contributed by atoms with Crippen molar-refractivity contribution in [2.24, 2.45) is 4.99 Å². The van der Waals surface area contributed by atoms with E-state index in [1.807, 2.05) is 31.2 Å². The van der Waals surface area contributed by atoms with Gasteiger partial charge in [-0.25, -0.2) is 12.8 Å². The monoisotopic (exact) mass is 549 g/mol. The average Bonchev–Trinajstić information content (AvgIpc) is 2.67. The lowest BCUT2D eigenvalue weighted by molar-refractivity contribution is 0.199. The van der Waals surface area contributed by atoms with Gasteiger partial charge in [-0.05, 0) is 29.7 Å². The van der Waals surface area contributed by atoms with Gasteiger partial charge in [0.05, 0.1) is 12.3 Å². The van der Waals surface area contributed by atoms with Gasteiger partial charge >= 0.3 is 0 Å². The molecule has 30 heavy (non-hydrogen) atoms. The summed E-state index contributed by atoms with van der Waals surface area (Å²) in [6.07, 6.45) is 1.84. The molecule has 2 aromatic carbocycles. The molecule has 0 fully saturated rings. The van der Waals surface area contributed by atoms with Crippen LogP contribution in [0.15, 0.2) is 53.5 Å². The molecule has 0 bridgehead atoms. The van der Waals surface area contributed by atoms with Gasteiger partial charge in [0.2, 0.25) is 0 Å². The molecular weight excluding hydrogens is 520 g/mol. The highest BCUT2D eigenvalue weighted by Crippen LogP contribution is 2.14. The number of guanidine groups is 1. The Bertz CT molecular complexity index is 921. The third kappa shape index (κ3) is 9.75. The molecule has 9 heteroatoms. The van der Waals surface area contributed by atoms with Crippen LogP contribution in [0.4, 0.5) is 4.39 Å². The van der Waals surface area contributed by atoms with Crippen LogP contribution in [-0.2, 0) is 22.1 Å². The van der Waals surface area contributed by atoms with Gasteiger partial charge in [-0.15, -0.1) is 24.0 Å². The normalized spacial score (nSPS) is 12.6. The van der Waals surface area contributed by atoms with E-state index in [0.29, 0.717) is 24.8 Å². The van der Waals surface area contributed by atoms with Gasteiger partial charge in [-0.1, -0.05) is 37.3 Å². The highest BCUT2D eigenvalue weighted by atomic mass is 127. The summed E-state index contributed by atoms with van der Waals surface area (Å²) in [5, 5.41) is 6.42. The lowest BCUT2D eigenvalue weighted by atomic mass is 10.1. The molecule has 0 aliphatic carbocycles. The summed E-state index contributed by atoms with van der Waals surface area (Å²) >= 11 is 0. The van der Waals surface area contributed by atoms with Gasteiger partial charge in [-0.2, -0.15) is 0 Å². The zero-order valence-electron chi connectivity index (χ0n) is 17.4. The van der Waals surface area contributed by atoms with Crippen molar-refractivity contribution in [2.75, 3.05) is 19.8 Å². The second-order valence-corrected chi connectivity index (χ2v) is 8.94. The maximum absolute atomic E-state index is 13.3. The number of sulfone groups is 1. The Kier molecular flexibility index (Phi) is 11.1. The van der Waals surface area contributed by atoms with Crippen molar-refractivity contribution in [3.8, 4) is 5.75 Å². The van der Waals surface area contributed by atoms with Crippen LogP contribution in [0.25, 0.3) is 0 Å². The first kappa shape index (κ1) is 26.2. The fourth-order valence-electron chi connectivity index (χ4n) is 2.68. The molecule has 0 aliphatic rings. The van der Waals surface area contributed by atoms with E-state index in [9.17, 15) is 12.8 Å². The Morgan fingerprint density at radius 3 is 2.37 bits per heavy atom. The van der Waals surface area contributed by atoms with Crippen molar-refractivity contribution in [3.63, 3.8) is 0 Å². The number of hydrogen-bond acceptors (Lipinski definition) is 4. The summed E-state index contributed by atoms with van der Waals surface area (Å²) in [5.74, 6) is 0.820. The third-order valence-corrected chi connectivity index (χ3v) is 5.04. The molecule has 1 atom stereocenters. The predicted octanol–water partition coefficient (Wildman–Crippen LogP) is 3.51. The minimum Gasteiger partial charge on any atom is -0.489 e. The first-order chi connectivity index (χ1) is 13.8. The molecule has 0 aliphatic heterocycles. The standard InChI is InChI=1S/C21H28FN3O3S.HI/c1-4-19(28-20-7-5-6-18(22)12-20)14-25-21(23-2)24-13-16-8-10-17(11-9-16)15-29(3,26)27;/h5-12,19H,4,13-15H2,1-3H3,(H2,23,24,25);1H. The van der Waals surface area contributed by atoms with Gasteiger partial charge < -0.3 is 15.4 Å². The highest BCUT2D eigenvalue weighted by Gasteiger charge is 2.10. The summed E-state index contributed by atoms with van der Waals surface area (Å²) < 4.78 is 41.8. The molecule has 0 saturated carbocycles. The van der Waals surface area contributed by atoms with Crippen LogP contribution in [0.5, 0.6) is 5.75 Å². The highest BCUT2D eigenvalue weighted by molar-refractivity contribution is 14.0. The summed E-state index contributed by atoms with van der Waals surface area (Å²) in [7, 11) is -1.36. The first-order valence-corrected chi connectivity index (χ1v) is 11.5. The van der Waals surface area contributed by atoms with Crippen molar-refractivity contribution in [2.45, 2.75) is 31.7 Å². The van der Waals surface area contributed by atoms with Gasteiger partial charge in [-0.3, -0.25) is 4.99 Å². The fourth-order valence-corrected chi connectivity index (χ4v) is 3.47. The number of benzene rings is 2. The second kappa shape index (κ2) is 12.7. The minimum atomic E-state index is -3.04. The largest absolute Gasteiger partial charge is 0.489 e. The van der Waals surface area contributed by atoms with Crippen LogP contribution in [0.3, 0.4) is 0 Å². The molecule has 0 heterocycles. The fraction of sp³-hybridized carbons (Fsp3) is 0.381. The Morgan fingerprint density at radius 1 is 1.13 bits per heavy atom. The van der Waals surface area contributed by atoms with Crippen molar-refractivity contribution in [1.82, 2.24) is 10.6 Å². The molecule has 166 valence electrons. The van der Waals surface area contributed by atoms with Gasteiger partial charge in [0.15, 0.2) is 15.8 Å². The third-order valence-electron chi connectivity index (χ3n) is 4.19. The minimum absolute atomic E-state index is 0. The number of hydrogen-bond donors (Lipinski definition) is 2. The summed E-state index contributed by atoms with van der Waals surface area (Å²) in [5.41, 5.74) is 1.77. The Labute approximate surface area is 195 Å². The van der Waals surface area contributed by atoms with E-state index in [0.717, 1.165) is 17.5 Å². The van der Waals surface area contributed by atoms with E-state index in [2.05, 4.69) is 15.6 Å². The lowest BCUT2D eigenvalue weighted by Crippen LogP contribution is -2.42. The molecule has 2 N–H and O–H groups in total. The summed E-state index contributed by atoms with van der Waals surface area (Å²) in [6.45, 7) is 3.06. The first-order valence-electron chi connectivity index (χ1n) is 9.41. The van der Waals surface area contributed by atoms with Crippen LogP contribution < -0.4 is 15.4 Å². The number of rotatable bonds is 9. The topological polar surface area (TPSA) is 79.8 Å². The van der Waals surface area contributed by atoms with E-state index < -0.39 is 9.84 Å². The van der Waals surface area contributed by atoms with Crippen LogP contribution in [0.1, 0.15) is 24.5 Å². The number of aliphatic imine (C=N–C) groups is 1. The molecule has 6 nitrogen and oxygen atoms in total. The zero-order valence-corrected chi connectivity index (χ0v) is 20.5. The molecular formula is C21H29FIN3O3S. The summed E-state index contributed by atoms with van der Waals surface area (Å²) in [6, 6.07) is 13.5. The number of halogens is 2. The summed E-state index contributed by atoms with van der Waals surface area (Å²) in [4.78, 5) is 4.20. The van der Waals surface area contributed by atoms with E-state index in [-0.39, 0.29) is 41.7 Å². The average molecular weight is 549 g/mol. The van der Waals surface area contributed by atoms with Gasteiger partial charge in [0.1, 0.15) is 17.7 Å². The van der Waals surface area contributed by atoms with E-state index in [1.165, 1.54) is 18.4 Å². The molecule has 2 aromatic rings. The maximum atomic E-state index is 13.3. The van der Waals surface area contributed by atoms with Crippen molar-refractivity contribution >= 4 is 39.8 Å². The lowest BCUT2D eigenvalue weighted by Gasteiger charge is -2.20. The second-order valence-electron chi connectivity index (χ2n) is 6.80. The molecule has 0 radical (unpaired) electrons. The van der Waals surface area contributed by atoms with Crippen LogP contribution in [0, 0.1) is 5.82 Å². The van der Waals surface area contributed by atoms with Crippen LogP contribution in [0.2, 0.25) is 0 Å². The molecule has 2 rings (SSSR count). The molecule has 1 unspecified atom stereocenters. The number of ether oxygens (including phenoxy) is 1.